The van der Waals surface area contributed by atoms with E-state index in [2.05, 4.69) is 38.1 Å². The van der Waals surface area contributed by atoms with Crippen molar-refractivity contribution in [2.24, 2.45) is 5.92 Å². The molecule has 88 valence electrons. The topological polar surface area (TPSA) is 29.5 Å². The van der Waals surface area contributed by atoms with Crippen molar-refractivity contribution in [3.05, 3.63) is 35.4 Å². The summed E-state index contributed by atoms with van der Waals surface area (Å²) >= 11 is 0. The number of aliphatic hydroxyl groups excluding tert-OH is 1. The van der Waals surface area contributed by atoms with Crippen LogP contribution in [0, 0.1) is 12.8 Å². The molecule has 1 aliphatic rings. The van der Waals surface area contributed by atoms with Gasteiger partial charge in [-0.15, -0.1) is 0 Å². The maximum atomic E-state index is 9.50. The van der Waals surface area contributed by atoms with Crippen LogP contribution in [0.4, 0.5) is 0 Å². The van der Waals surface area contributed by atoms with E-state index in [0.29, 0.717) is 5.92 Å². The van der Waals surface area contributed by atoms with E-state index < -0.39 is 0 Å². The lowest BCUT2D eigenvalue weighted by Gasteiger charge is -2.47. The molecule has 0 spiro atoms. The summed E-state index contributed by atoms with van der Waals surface area (Å²) in [6, 6.07) is 8.58. The molecule has 0 aromatic heterocycles. The number of aryl methyl sites for hydroxylation is 1. The van der Waals surface area contributed by atoms with Gasteiger partial charge in [0.25, 0.3) is 0 Å². The molecule has 1 unspecified atom stereocenters. The molecule has 0 aliphatic carbocycles. The summed E-state index contributed by atoms with van der Waals surface area (Å²) in [6.07, 6.45) is 0.994. The maximum absolute atomic E-state index is 9.50. The zero-order valence-electron chi connectivity index (χ0n) is 10.1. The van der Waals surface area contributed by atoms with E-state index in [-0.39, 0.29) is 12.0 Å². The molecule has 2 heteroatoms. The second kappa shape index (κ2) is 4.56. The highest BCUT2D eigenvalue weighted by Crippen LogP contribution is 2.41. The van der Waals surface area contributed by atoms with Crippen molar-refractivity contribution < 1.29 is 9.84 Å². The molecule has 1 aliphatic heterocycles. The van der Waals surface area contributed by atoms with Gasteiger partial charge in [-0.3, -0.25) is 0 Å². The molecule has 1 saturated heterocycles. The fraction of sp³-hybridized carbons (Fsp3) is 0.571. The van der Waals surface area contributed by atoms with Crippen molar-refractivity contribution in [1.82, 2.24) is 0 Å². The Morgan fingerprint density at radius 3 is 2.62 bits per heavy atom. The highest BCUT2D eigenvalue weighted by atomic mass is 16.5. The number of aliphatic hydroxyl groups is 1. The summed E-state index contributed by atoms with van der Waals surface area (Å²) in [7, 11) is 0. The summed E-state index contributed by atoms with van der Waals surface area (Å²) in [5, 5.41) is 9.50. The van der Waals surface area contributed by atoms with Gasteiger partial charge in [0.1, 0.15) is 0 Å². The minimum atomic E-state index is 0.0511. The maximum Gasteiger partial charge on any atom is 0.0589 e. The Kier molecular flexibility index (Phi) is 3.31. The van der Waals surface area contributed by atoms with Gasteiger partial charge in [0, 0.05) is 12.0 Å². The minimum Gasteiger partial charge on any atom is -0.396 e. The summed E-state index contributed by atoms with van der Waals surface area (Å²) in [5.41, 5.74) is 2.64. The fourth-order valence-corrected chi connectivity index (χ4v) is 2.61. The van der Waals surface area contributed by atoms with E-state index in [9.17, 15) is 5.11 Å². The van der Waals surface area contributed by atoms with Crippen LogP contribution >= 0.6 is 0 Å². The molecule has 2 nitrogen and oxygen atoms in total. The van der Waals surface area contributed by atoms with Crippen molar-refractivity contribution in [3.8, 4) is 0 Å². The zero-order chi connectivity index (χ0) is 11.6. The first-order chi connectivity index (χ1) is 7.73. The van der Waals surface area contributed by atoms with Crippen LogP contribution in [-0.2, 0) is 10.2 Å². The third kappa shape index (κ3) is 1.76. The van der Waals surface area contributed by atoms with Gasteiger partial charge in [0.2, 0.25) is 0 Å². The van der Waals surface area contributed by atoms with Crippen LogP contribution in [0.1, 0.15) is 24.5 Å². The third-order valence-electron chi connectivity index (χ3n) is 3.81. The predicted octanol–water partition coefficient (Wildman–Crippen LogP) is 2.28. The smallest absolute Gasteiger partial charge is 0.0589 e. The van der Waals surface area contributed by atoms with Crippen LogP contribution in [0.2, 0.25) is 0 Å². The number of rotatable bonds is 4. The lowest BCUT2D eigenvalue weighted by atomic mass is 9.67. The Bertz CT molecular complexity index is 352. The molecule has 0 radical (unpaired) electrons. The largest absolute Gasteiger partial charge is 0.396 e. The molecule has 1 heterocycles. The second-order valence-electron chi connectivity index (χ2n) is 4.81. The lowest BCUT2D eigenvalue weighted by molar-refractivity contribution is -0.101. The number of ether oxygens (including phenoxy) is 1. The average molecular weight is 220 g/mol. The zero-order valence-corrected chi connectivity index (χ0v) is 10.1. The Hall–Kier alpha value is -0.860. The molecule has 1 aromatic carbocycles. The molecular formula is C14H20O2. The van der Waals surface area contributed by atoms with Crippen LogP contribution in [-0.4, -0.2) is 24.9 Å². The molecule has 1 N–H and O–H groups in total. The van der Waals surface area contributed by atoms with Gasteiger partial charge in [0.15, 0.2) is 0 Å². The Morgan fingerprint density at radius 2 is 2.19 bits per heavy atom. The van der Waals surface area contributed by atoms with Gasteiger partial charge in [-0.1, -0.05) is 43.2 Å². The third-order valence-corrected chi connectivity index (χ3v) is 3.81. The van der Waals surface area contributed by atoms with Crippen molar-refractivity contribution in [2.45, 2.75) is 25.7 Å². The van der Waals surface area contributed by atoms with Crippen molar-refractivity contribution in [1.29, 1.82) is 0 Å². The van der Waals surface area contributed by atoms with E-state index in [1.165, 1.54) is 11.1 Å². The van der Waals surface area contributed by atoms with Crippen LogP contribution < -0.4 is 0 Å². The van der Waals surface area contributed by atoms with Gasteiger partial charge in [-0.05, 0) is 18.4 Å². The molecule has 16 heavy (non-hydrogen) atoms. The Labute approximate surface area is 97.3 Å². The summed E-state index contributed by atoms with van der Waals surface area (Å²) in [6.45, 7) is 5.98. The molecule has 2 rings (SSSR count). The SMILES string of the molecule is CCC(CO)C1(c2cccc(C)c2)COC1. The lowest BCUT2D eigenvalue weighted by Crippen LogP contribution is -2.53. The van der Waals surface area contributed by atoms with Crippen molar-refractivity contribution in [2.75, 3.05) is 19.8 Å². The first-order valence-electron chi connectivity index (χ1n) is 5.98. The molecule has 1 atom stereocenters. The van der Waals surface area contributed by atoms with Gasteiger partial charge in [-0.25, -0.2) is 0 Å². The summed E-state index contributed by atoms with van der Waals surface area (Å²) < 4.78 is 5.41. The molecule has 0 amide bonds. The number of hydrogen-bond acceptors (Lipinski definition) is 2. The van der Waals surface area contributed by atoms with E-state index in [1.54, 1.807) is 0 Å². The van der Waals surface area contributed by atoms with Gasteiger partial charge in [-0.2, -0.15) is 0 Å². The highest BCUT2D eigenvalue weighted by molar-refractivity contribution is 5.32. The average Bonchev–Trinajstić information content (AvgIpc) is 2.23. The van der Waals surface area contributed by atoms with Crippen LogP contribution in [0.5, 0.6) is 0 Å². The van der Waals surface area contributed by atoms with Gasteiger partial charge >= 0.3 is 0 Å². The number of hydrogen-bond donors (Lipinski definition) is 1. The van der Waals surface area contributed by atoms with E-state index in [4.69, 9.17) is 4.74 Å². The molecule has 0 bridgehead atoms. The van der Waals surface area contributed by atoms with E-state index in [1.807, 2.05) is 0 Å². The second-order valence-corrected chi connectivity index (χ2v) is 4.81. The molecule has 1 aromatic rings. The van der Waals surface area contributed by atoms with Crippen LogP contribution in [0.15, 0.2) is 24.3 Å². The van der Waals surface area contributed by atoms with Crippen molar-refractivity contribution >= 4 is 0 Å². The minimum absolute atomic E-state index is 0.0511. The van der Waals surface area contributed by atoms with Crippen LogP contribution in [0.25, 0.3) is 0 Å². The standard InChI is InChI=1S/C14H20O2/c1-3-12(8-15)14(9-16-10-14)13-6-4-5-11(2)7-13/h4-7,12,15H,3,8-10H2,1-2H3. The van der Waals surface area contributed by atoms with Gasteiger partial charge in [0.05, 0.1) is 13.2 Å². The normalized spacial score (nSPS) is 20.2. The summed E-state index contributed by atoms with van der Waals surface area (Å²) in [4.78, 5) is 0. The Balaban J connectivity index is 2.34. The summed E-state index contributed by atoms with van der Waals surface area (Å²) in [5.74, 6) is 0.308. The monoisotopic (exact) mass is 220 g/mol. The van der Waals surface area contributed by atoms with E-state index in [0.717, 1.165) is 19.6 Å². The molecule has 1 fully saturated rings. The Morgan fingerprint density at radius 1 is 1.44 bits per heavy atom. The quantitative estimate of drug-likeness (QED) is 0.843. The van der Waals surface area contributed by atoms with Crippen LogP contribution in [0.3, 0.4) is 0 Å². The molecular weight excluding hydrogens is 200 g/mol. The molecule has 0 saturated carbocycles. The van der Waals surface area contributed by atoms with Crippen molar-refractivity contribution in [3.63, 3.8) is 0 Å². The number of benzene rings is 1. The van der Waals surface area contributed by atoms with Gasteiger partial charge < -0.3 is 9.84 Å². The highest BCUT2D eigenvalue weighted by Gasteiger charge is 2.45. The fourth-order valence-electron chi connectivity index (χ4n) is 2.61. The van der Waals surface area contributed by atoms with E-state index >= 15 is 0 Å². The first-order valence-corrected chi connectivity index (χ1v) is 5.98. The first kappa shape index (κ1) is 11.6. The predicted molar refractivity (Wildman–Crippen MR) is 64.5 cm³/mol.